The molecule has 0 radical (unpaired) electrons. The molecule has 1 aliphatic rings. The van der Waals surface area contributed by atoms with E-state index >= 15 is 0 Å². The van der Waals surface area contributed by atoms with Gasteiger partial charge in [0.25, 0.3) is 0 Å². The van der Waals surface area contributed by atoms with Crippen LogP contribution in [-0.4, -0.2) is 26.1 Å². The van der Waals surface area contributed by atoms with Gasteiger partial charge in [-0.25, -0.2) is 9.48 Å². The van der Waals surface area contributed by atoms with E-state index in [4.69, 9.17) is 5.11 Å². The molecule has 1 N–H and O–H groups in total. The van der Waals surface area contributed by atoms with Crippen molar-refractivity contribution in [2.45, 2.75) is 45.6 Å². The summed E-state index contributed by atoms with van der Waals surface area (Å²) in [5.41, 5.74) is 0.744. The summed E-state index contributed by atoms with van der Waals surface area (Å²) >= 11 is 0. The van der Waals surface area contributed by atoms with E-state index in [1.807, 2.05) is 0 Å². The lowest BCUT2D eigenvalue weighted by molar-refractivity contribution is 0.0680. The Morgan fingerprint density at radius 1 is 1.44 bits per heavy atom. The highest BCUT2D eigenvalue weighted by molar-refractivity contribution is 5.86. The monoisotopic (exact) mass is 223 g/mol. The molecule has 0 aliphatic heterocycles. The van der Waals surface area contributed by atoms with Crippen molar-refractivity contribution in [1.29, 1.82) is 0 Å². The molecule has 0 amide bonds. The van der Waals surface area contributed by atoms with Gasteiger partial charge in [0.1, 0.15) is 0 Å². The van der Waals surface area contributed by atoms with Gasteiger partial charge in [-0.15, -0.1) is 5.10 Å². The average Bonchev–Trinajstić information content (AvgIpc) is 2.61. The maximum atomic E-state index is 11.0. The Labute approximate surface area is 94.5 Å². The molecule has 1 saturated carbocycles. The molecule has 0 unspecified atom stereocenters. The number of carboxylic acid groups (broad SMARTS) is 1. The quantitative estimate of drug-likeness (QED) is 0.849. The third-order valence-corrected chi connectivity index (χ3v) is 3.26. The molecule has 88 valence electrons. The molecule has 5 nitrogen and oxygen atoms in total. The van der Waals surface area contributed by atoms with Crippen LogP contribution in [0, 0.1) is 12.8 Å². The number of aryl methyl sites for hydroxylation is 1. The van der Waals surface area contributed by atoms with Crippen LogP contribution in [0.3, 0.4) is 0 Å². The topological polar surface area (TPSA) is 68.0 Å². The summed E-state index contributed by atoms with van der Waals surface area (Å²) in [6.07, 6.45) is 6.16. The van der Waals surface area contributed by atoms with E-state index in [1.54, 1.807) is 11.6 Å². The van der Waals surface area contributed by atoms with Gasteiger partial charge in [-0.3, -0.25) is 0 Å². The number of aromatic nitrogens is 3. The first-order valence-corrected chi connectivity index (χ1v) is 5.82. The van der Waals surface area contributed by atoms with Crippen LogP contribution in [-0.2, 0) is 6.54 Å². The molecule has 0 saturated heterocycles. The Bertz CT molecular complexity index is 381. The third kappa shape index (κ3) is 2.23. The molecule has 16 heavy (non-hydrogen) atoms. The van der Waals surface area contributed by atoms with Crippen molar-refractivity contribution in [1.82, 2.24) is 15.0 Å². The maximum absolute atomic E-state index is 11.0. The van der Waals surface area contributed by atoms with Crippen LogP contribution in [0.5, 0.6) is 0 Å². The van der Waals surface area contributed by atoms with Gasteiger partial charge in [-0.2, -0.15) is 0 Å². The van der Waals surface area contributed by atoms with Crippen LogP contribution in [0.25, 0.3) is 0 Å². The number of nitrogens with zero attached hydrogens (tertiary/aromatic N) is 3. The van der Waals surface area contributed by atoms with Crippen LogP contribution in [0.2, 0.25) is 0 Å². The zero-order valence-corrected chi connectivity index (χ0v) is 9.52. The summed E-state index contributed by atoms with van der Waals surface area (Å²) in [4.78, 5) is 11.0. The molecule has 0 bridgehead atoms. The van der Waals surface area contributed by atoms with Gasteiger partial charge in [0.15, 0.2) is 5.69 Å². The first kappa shape index (κ1) is 11.1. The van der Waals surface area contributed by atoms with Crippen molar-refractivity contribution < 1.29 is 9.90 Å². The Balaban J connectivity index is 2.11. The second-order valence-corrected chi connectivity index (χ2v) is 4.51. The molecule has 0 aromatic carbocycles. The highest BCUT2D eigenvalue weighted by Gasteiger charge is 2.20. The minimum atomic E-state index is -0.932. The Hall–Kier alpha value is -1.39. The Kier molecular flexibility index (Phi) is 3.22. The van der Waals surface area contributed by atoms with Gasteiger partial charge in [0.05, 0.1) is 5.69 Å². The fourth-order valence-electron chi connectivity index (χ4n) is 2.41. The zero-order chi connectivity index (χ0) is 11.5. The second kappa shape index (κ2) is 4.63. The van der Waals surface area contributed by atoms with E-state index in [2.05, 4.69) is 10.3 Å². The van der Waals surface area contributed by atoms with Crippen molar-refractivity contribution in [3.63, 3.8) is 0 Å². The Morgan fingerprint density at radius 3 is 2.75 bits per heavy atom. The van der Waals surface area contributed by atoms with Gasteiger partial charge in [0, 0.05) is 6.54 Å². The molecule has 2 rings (SSSR count). The highest BCUT2D eigenvalue weighted by atomic mass is 16.4. The van der Waals surface area contributed by atoms with E-state index in [-0.39, 0.29) is 5.69 Å². The number of rotatable bonds is 3. The minimum Gasteiger partial charge on any atom is -0.476 e. The molecular formula is C11H17N3O2. The predicted molar refractivity (Wildman–Crippen MR) is 58.3 cm³/mol. The standard InChI is InChI=1S/C11H17N3O2/c1-8-10(11(15)16)14(13-12-8)7-9-5-3-2-4-6-9/h9H,2-7H2,1H3,(H,15,16). The summed E-state index contributed by atoms with van der Waals surface area (Å²) in [7, 11) is 0. The van der Waals surface area contributed by atoms with Gasteiger partial charge in [-0.1, -0.05) is 24.5 Å². The molecule has 1 fully saturated rings. The molecule has 1 aromatic rings. The number of carbonyl (C=O) groups is 1. The highest BCUT2D eigenvalue weighted by Crippen LogP contribution is 2.25. The van der Waals surface area contributed by atoms with Crippen LogP contribution in [0.15, 0.2) is 0 Å². The molecule has 5 heteroatoms. The van der Waals surface area contributed by atoms with Crippen LogP contribution in [0.1, 0.15) is 48.3 Å². The van der Waals surface area contributed by atoms with Gasteiger partial charge in [0.2, 0.25) is 0 Å². The number of carboxylic acids is 1. The van der Waals surface area contributed by atoms with Crippen molar-refractivity contribution in [3.8, 4) is 0 Å². The normalized spacial score (nSPS) is 17.6. The van der Waals surface area contributed by atoms with Crippen LogP contribution >= 0.6 is 0 Å². The van der Waals surface area contributed by atoms with Crippen LogP contribution < -0.4 is 0 Å². The maximum Gasteiger partial charge on any atom is 0.356 e. The zero-order valence-electron chi connectivity index (χ0n) is 9.52. The van der Waals surface area contributed by atoms with Gasteiger partial charge < -0.3 is 5.11 Å². The van der Waals surface area contributed by atoms with E-state index < -0.39 is 5.97 Å². The molecule has 0 atom stereocenters. The minimum absolute atomic E-state index is 0.241. The van der Waals surface area contributed by atoms with Crippen molar-refractivity contribution in [2.24, 2.45) is 5.92 Å². The summed E-state index contributed by atoms with van der Waals surface area (Å²) in [5.74, 6) is -0.369. The fourth-order valence-corrected chi connectivity index (χ4v) is 2.41. The van der Waals surface area contributed by atoms with E-state index in [9.17, 15) is 4.79 Å². The summed E-state index contributed by atoms with van der Waals surface area (Å²) < 4.78 is 1.55. The molecule has 0 spiro atoms. The van der Waals surface area contributed by atoms with E-state index in [0.29, 0.717) is 18.2 Å². The number of hydrogen-bond donors (Lipinski definition) is 1. The van der Waals surface area contributed by atoms with E-state index in [1.165, 1.54) is 32.1 Å². The van der Waals surface area contributed by atoms with Crippen molar-refractivity contribution in [2.75, 3.05) is 0 Å². The lowest BCUT2D eigenvalue weighted by Gasteiger charge is -2.21. The first-order valence-electron chi connectivity index (χ1n) is 5.82. The second-order valence-electron chi connectivity index (χ2n) is 4.51. The lowest BCUT2D eigenvalue weighted by atomic mass is 9.89. The fraction of sp³-hybridized carbons (Fsp3) is 0.727. The largest absolute Gasteiger partial charge is 0.476 e. The number of aromatic carboxylic acids is 1. The SMILES string of the molecule is Cc1nnn(CC2CCCCC2)c1C(=O)O. The molecule has 1 aromatic heterocycles. The third-order valence-electron chi connectivity index (χ3n) is 3.26. The van der Waals surface area contributed by atoms with E-state index in [0.717, 1.165) is 0 Å². The smallest absolute Gasteiger partial charge is 0.356 e. The molecule has 1 aliphatic carbocycles. The summed E-state index contributed by atoms with van der Waals surface area (Å²) in [6.45, 7) is 2.39. The lowest BCUT2D eigenvalue weighted by Crippen LogP contribution is -2.19. The molecular weight excluding hydrogens is 206 g/mol. The first-order chi connectivity index (χ1) is 7.68. The average molecular weight is 223 g/mol. The van der Waals surface area contributed by atoms with Gasteiger partial charge >= 0.3 is 5.97 Å². The van der Waals surface area contributed by atoms with Crippen LogP contribution in [0.4, 0.5) is 0 Å². The summed E-state index contributed by atoms with van der Waals surface area (Å²) in [6, 6.07) is 0. The number of hydrogen-bond acceptors (Lipinski definition) is 3. The predicted octanol–water partition coefficient (Wildman–Crippen LogP) is 1.87. The van der Waals surface area contributed by atoms with Gasteiger partial charge in [-0.05, 0) is 25.7 Å². The summed E-state index contributed by atoms with van der Waals surface area (Å²) in [5, 5.41) is 16.8. The molecule has 1 heterocycles. The van der Waals surface area contributed by atoms with Crippen molar-refractivity contribution in [3.05, 3.63) is 11.4 Å². The Morgan fingerprint density at radius 2 is 2.12 bits per heavy atom. The van der Waals surface area contributed by atoms with Crippen molar-refractivity contribution >= 4 is 5.97 Å².